The van der Waals surface area contributed by atoms with Gasteiger partial charge in [0.2, 0.25) is 0 Å². The maximum absolute atomic E-state index is 6.54. The maximum atomic E-state index is 6.54. The number of rotatable bonds is 12. The Labute approximate surface area is 605 Å². The molecule has 488 valence electrons. The number of hydrogen-bond donors (Lipinski definition) is 0. The monoisotopic (exact) mass is 1370 g/mol. The number of benzene rings is 14. The predicted molar refractivity (Wildman–Crippen MR) is 426 cm³/mol. The second-order valence-corrected chi connectivity index (χ2v) is 27.4. The molecule has 0 amide bonds. The van der Waals surface area contributed by atoms with Crippen molar-refractivity contribution in [3.05, 3.63) is 340 Å². The van der Waals surface area contributed by atoms with E-state index >= 15 is 0 Å². The molecular weight excluding hydrogens is 1310 g/mol. The fourth-order valence-corrected chi connectivity index (χ4v) is 15.6. The summed E-state index contributed by atoms with van der Waals surface area (Å²) in [5.41, 5.74) is 21.8. The molecule has 0 unspecified atom stereocenters. The van der Waals surface area contributed by atoms with Crippen molar-refractivity contribution in [3.63, 3.8) is 0 Å². The second kappa shape index (κ2) is 26.5. The molecule has 0 aliphatic carbocycles. The zero-order valence-electron chi connectivity index (χ0n) is 55.5. The van der Waals surface area contributed by atoms with Crippen molar-refractivity contribution in [1.29, 1.82) is 0 Å². The van der Waals surface area contributed by atoms with Gasteiger partial charge < -0.3 is 8.83 Å². The first kappa shape index (κ1) is 61.6. The number of thiazole rings is 2. The van der Waals surface area contributed by atoms with E-state index in [2.05, 4.69) is 231 Å². The van der Waals surface area contributed by atoms with Crippen LogP contribution in [0.4, 0.5) is 0 Å². The van der Waals surface area contributed by atoms with Gasteiger partial charge in [-0.3, -0.25) is 0 Å². The Kier molecular flexibility index (Phi) is 15.7. The Morgan fingerprint density at radius 1 is 0.192 bits per heavy atom. The third kappa shape index (κ3) is 11.9. The van der Waals surface area contributed by atoms with Gasteiger partial charge in [-0.05, 0) is 123 Å². The van der Waals surface area contributed by atoms with Gasteiger partial charge in [0, 0.05) is 66.1 Å². The van der Waals surface area contributed by atoms with Gasteiger partial charge in [0.1, 0.15) is 32.3 Å². The summed E-state index contributed by atoms with van der Waals surface area (Å²) in [5, 5.41) is 5.98. The van der Waals surface area contributed by atoms with Gasteiger partial charge in [-0.2, -0.15) is 0 Å². The molecule has 20 rings (SSSR count). The van der Waals surface area contributed by atoms with Crippen LogP contribution in [0, 0.1) is 0 Å². The minimum absolute atomic E-state index is 0.592. The van der Waals surface area contributed by atoms with E-state index in [1.807, 2.05) is 109 Å². The highest BCUT2D eigenvalue weighted by Crippen LogP contribution is 2.43. The zero-order valence-corrected chi connectivity index (χ0v) is 57.2. The summed E-state index contributed by atoms with van der Waals surface area (Å²) >= 11 is 3.42. The average Bonchev–Trinajstić information content (AvgIpc) is 1.59. The lowest BCUT2D eigenvalue weighted by molar-refractivity contribution is 0.668. The highest BCUT2D eigenvalue weighted by atomic mass is 32.1. The lowest BCUT2D eigenvalue weighted by atomic mass is 10.00. The number of para-hydroxylation sites is 2. The minimum Gasteiger partial charge on any atom is -0.456 e. The third-order valence-electron chi connectivity index (χ3n) is 18.8. The third-order valence-corrected chi connectivity index (χ3v) is 20.9. The average molecular weight is 1370 g/mol. The van der Waals surface area contributed by atoms with E-state index in [4.69, 9.17) is 48.7 Å². The Morgan fingerprint density at radius 3 is 0.942 bits per heavy atom. The van der Waals surface area contributed by atoms with Crippen LogP contribution in [0.25, 0.3) is 198 Å². The standard InChI is InChI=1S/2C46H28N4OS/c1-3-12-29(13-4-1)31-16-9-18-34(26-31)44-48-43(30-14-5-2-6-15-30)49-45(50-44)37-20-11-22-39-42(37)36-25-24-33(28-40(36)51-39)32-17-10-19-35(27-32)46-47-38-21-7-8-23-41(38)52-46;1-3-11-29(12-4-1)30-21-23-32(24-22-30)44-48-43(31-13-5-2-6-14-31)49-45(50-44)37-17-10-19-39-42(37)36-26-25-34(28-40(36)51-39)33-15-9-16-35(27-33)46-47-38-18-7-8-20-41(38)52-46/h2*1-28H. The molecule has 12 heteroatoms. The van der Waals surface area contributed by atoms with Crippen LogP contribution in [0.1, 0.15) is 0 Å². The predicted octanol–water partition coefficient (Wildman–Crippen LogP) is 24.8. The Bertz CT molecular complexity index is 6550. The van der Waals surface area contributed by atoms with Gasteiger partial charge in [0.15, 0.2) is 34.9 Å². The van der Waals surface area contributed by atoms with Gasteiger partial charge in [0.05, 0.1) is 20.4 Å². The van der Waals surface area contributed by atoms with E-state index in [-0.39, 0.29) is 0 Å². The highest BCUT2D eigenvalue weighted by molar-refractivity contribution is 7.22. The molecule has 6 heterocycles. The molecule has 0 fully saturated rings. The topological polar surface area (TPSA) is 129 Å². The van der Waals surface area contributed by atoms with Crippen molar-refractivity contribution in [2.24, 2.45) is 0 Å². The highest BCUT2D eigenvalue weighted by Gasteiger charge is 2.22. The van der Waals surface area contributed by atoms with Crippen LogP contribution in [0.3, 0.4) is 0 Å². The molecule has 0 spiro atoms. The first-order valence-electron chi connectivity index (χ1n) is 34.3. The number of hydrogen-bond acceptors (Lipinski definition) is 12. The fraction of sp³-hybridized carbons (Fsp3) is 0. The van der Waals surface area contributed by atoms with Crippen molar-refractivity contribution in [2.75, 3.05) is 0 Å². The molecule has 6 aromatic heterocycles. The van der Waals surface area contributed by atoms with Gasteiger partial charge >= 0.3 is 0 Å². The molecule has 0 aliphatic heterocycles. The van der Waals surface area contributed by atoms with E-state index in [0.717, 1.165) is 154 Å². The van der Waals surface area contributed by atoms with Crippen LogP contribution < -0.4 is 0 Å². The molecule has 0 bridgehead atoms. The normalized spacial score (nSPS) is 11.5. The Hall–Kier alpha value is -13.5. The van der Waals surface area contributed by atoms with Gasteiger partial charge in [0.25, 0.3) is 0 Å². The maximum Gasteiger partial charge on any atom is 0.164 e. The molecule has 0 N–H and O–H groups in total. The summed E-state index contributed by atoms with van der Waals surface area (Å²) < 4.78 is 15.4. The summed E-state index contributed by atoms with van der Waals surface area (Å²) in [6.45, 7) is 0. The van der Waals surface area contributed by atoms with E-state index in [1.165, 1.54) is 9.40 Å². The molecule has 20 aromatic rings. The largest absolute Gasteiger partial charge is 0.456 e. The molecule has 0 aliphatic rings. The second-order valence-electron chi connectivity index (χ2n) is 25.4. The molecule has 14 aromatic carbocycles. The lowest BCUT2D eigenvalue weighted by Crippen LogP contribution is -2.00. The van der Waals surface area contributed by atoms with Crippen LogP contribution >= 0.6 is 22.7 Å². The van der Waals surface area contributed by atoms with Crippen LogP contribution in [0.2, 0.25) is 0 Å². The molecule has 104 heavy (non-hydrogen) atoms. The number of aromatic nitrogens is 8. The van der Waals surface area contributed by atoms with Crippen molar-refractivity contribution in [1.82, 2.24) is 39.9 Å². The zero-order chi connectivity index (χ0) is 68.9. The lowest BCUT2D eigenvalue weighted by Gasteiger charge is -2.10. The van der Waals surface area contributed by atoms with Crippen LogP contribution in [0.15, 0.2) is 349 Å². The number of fused-ring (bicyclic) bond motifs is 8. The molecule has 10 nitrogen and oxygen atoms in total. The molecule has 0 saturated carbocycles. The molecule has 0 radical (unpaired) electrons. The Morgan fingerprint density at radius 2 is 0.490 bits per heavy atom. The smallest absolute Gasteiger partial charge is 0.164 e. The summed E-state index contributed by atoms with van der Waals surface area (Å²) in [4.78, 5) is 40.1. The van der Waals surface area contributed by atoms with Gasteiger partial charge in [-0.25, -0.2) is 39.9 Å². The van der Waals surface area contributed by atoms with E-state index in [9.17, 15) is 0 Å². The molecule has 0 saturated heterocycles. The summed E-state index contributed by atoms with van der Waals surface area (Å²) in [6, 6.07) is 116. The first-order valence-corrected chi connectivity index (χ1v) is 35.9. The summed E-state index contributed by atoms with van der Waals surface area (Å²) in [5.74, 6) is 3.65. The van der Waals surface area contributed by atoms with E-state index < -0.39 is 0 Å². The molecule has 0 atom stereocenters. The first-order chi connectivity index (χ1) is 51.5. The summed E-state index contributed by atoms with van der Waals surface area (Å²) in [6.07, 6.45) is 0. The van der Waals surface area contributed by atoms with Crippen LogP contribution in [-0.2, 0) is 0 Å². The van der Waals surface area contributed by atoms with Gasteiger partial charge in [-0.1, -0.05) is 261 Å². The SMILES string of the molecule is c1ccc(-c2ccc(-c3nc(-c4ccccc4)nc(-c4cccc5oc6cc(-c7cccc(-c8nc9ccccc9s8)c7)ccc6c45)n3)cc2)cc1.c1ccc(-c2cccc(-c3nc(-c4ccccc4)nc(-c4cccc5oc6cc(-c7cccc(-c8nc9ccccc9s8)c7)ccc6c45)n3)c2)cc1. The fourth-order valence-electron chi connectivity index (χ4n) is 13.6. The minimum atomic E-state index is 0.592. The van der Waals surface area contributed by atoms with Crippen molar-refractivity contribution >= 4 is 87.0 Å². The quantitative estimate of drug-likeness (QED) is 0.117. The van der Waals surface area contributed by atoms with E-state index in [1.54, 1.807) is 22.7 Å². The van der Waals surface area contributed by atoms with Crippen molar-refractivity contribution in [3.8, 4) is 134 Å². The number of nitrogens with zero attached hydrogens (tertiary/aromatic N) is 8. The van der Waals surface area contributed by atoms with Gasteiger partial charge in [-0.15, -0.1) is 22.7 Å². The van der Waals surface area contributed by atoms with Crippen molar-refractivity contribution in [2.45, 2.75) is 0 Å². The Balaban J connectivity index is 0.000000143. The summed E-state index contributed by atoms with van der Waals surface area (Å²) in [7, 11) is 0. The van der Waals surface area contributed by atoms with Crippen molar-refractivity contribution < 1.29 is 8.83 Å². The molecular formula is C92H56N8O2S2. The van der Waals surface area contributed by atoms with Crippen LogP contribution in [0.5, 0.6) is 0 Å². The van der Waals surface area contributed by atoms with Crippen LogP contribution in [-0.4, -0.2) is 39.9 Å². The number of furan rings is 2. The van der Waals surface area contributed by atoms with E-state index in [0.29, 0.717) is 34.9 Å².